The Morgan fingerprint density at radius 2 is 0.967 bits per heavy atom. The van der Waals surface area contributed by atoms with Crippen LogP contribution in [-0.2, 0) is 5.41 Å². The first kappa shape index (κ1) is 35.3. The fraction of sp³-hybridized carbons (Fsp3) is 0.0508. The molecule has 2 nitrogen and oxygen atoms in total. The molecular formula is C59H41NO. The van der Waals surface area contributed by atoms with E-state index >= 15 is 0 Å². The van der Waals surface area contributed by atoms with Crippen molar-refractivity contribution in [3.8, 4) is 44.5 Å². The summed E-state index contributed by atoms with van der Waals surface area (Å²) >= 11 is 0. The molecule has 0 saturated carbocycles. The lowest BCUT2D eigenvalue weighted by Crippen LogP contribution is -2.17. The maximum absolute atomic E-state index is 6.31. The third-order valence-corrected chi connectivity index (χ3v) is 13.1. The monoisotopic (exact) mass is 779 g/mol. The summed E-state index contributed by atoms with van der Waals surface area (Å²) in [5.74, 6) is 0. The molecule has 2 heteroatoms. The Morgan fingerprint density at radius 3 is 1.82 bits per heavy atom. The molecule has 0 amide bonds. The van der Waals surface area contributed by atoms with Gasteiger partial charge in [0.2, 0.25) is 0 Å². The zero-order valence-electron chi connectivity index (χ0n) is 34.1. The zero-order chi connectivity index (χ0) is 40.7. The summed E-state index contributed by atoms with van der Waals surface area (Å²) in [5, 5.41) is 7.28. The number of nitrogens with zero attached hydrogens (tertiary/aromatic N) is 1. The average molecular weight is 780 g/mol. The largest absolute Gasteiger partial charge is 0.456 e. The summed E-state index contributed by atoms with van der Waals surface area (Å²) in [7, 11) is 0. The standard InChI is InChI=1S/C59H41NO/c1-59(2)53-24-12-10-21-49(53)50-34-32-43(37-54(50)59)60(42-30-27-39(28-31-42)46-23-14-26-57-58(46)51-22-11-13-25-56(51)61-57)55-36-41(29-33-45(55)38-15-4-3-5-16-38)52-35-40-17-6-7-18-44(40)47-19-8-9-20-48(47)52/h3-37H,1-2H3. The van der Waals surface area contributed by atoms with Gasteiger partial charge in [-0.1, -0.05) is 178 Å². The van der Waals surface area contributed by atoms with Crippen LogP contribution in [0.2, 0.25) is 0 Å². The van der Waals surface area contributed by atoms with Crippen molar-refractivity contribution in [3.63, 3.8) is 0 Å². The van der Waals surface area contributed by atoms with Gasteiger partial charge in [-0.25, -0.2) is 0 Å². The van der Waals surface area contributed by atoms with Crippen molar-refractivity contribution >= 4 is 60.5 Å². The van der Waals surface area contributed by atoms with Crippen molar-refractivity contribution in [3.05, 3.63) is 223 Å². The van der Waals surface area contributed by atoms with E-state index in [1.165, 1.54) is 60.5 Å². The maximum Gasteiger partial charge on any atom is 0.136 e. The minimum absolute atomic E-state index is 0.155. The Balaban J connectivity index is 1.10. The van der Waals surface area contributed by atoms with Gasteiger partial charge in [0, 0.05) is 33.1 Å². The normalized spacial score (nSPS) is 12.9. The molecule has 1 heterocycles. The van der Waals surface area contributed by atoms with Crippen LogP contribution >= 0.6 is 0 Å². The molecule has 61 heavy (non-hydrogen) atoms. The molecule has 288 valence electrons. The predicted octanol–water partition coefficient (Wildman–Crippen LogP) is 16.7. The molecule has 11 aromatic rings. The fourth-order valence-corrected chi connectivity index (χ4v) is 10.1. The molecular weight excluding hydrogens is 739 g/mol. The number of anilines is 3. The fourth-order valence-electron chi connectivity index (χ4n) is 10.1. The van der Waals surface area contributed by atoms with E-state index in [1.807, 2.05) is 6.07 Å². The molecule has 0 fully saturated rings. The molecule has 0 radical (unpaired) electrons. The van der Waals surface area contributed by atoms with Crippen LogP contribution in [0.1, 0.15) is 25.0 Å². The summed E-state index contributed by atoms with van der Waals surface area (Å²) in [6.07, 6.45) is 0. The SMILES string of the molecule is CC1(C)c2ccccc2-c2ccc(N(c3ccc(-c4cccc5oc6ccccc6c45)cc3)c3cc(-c4cc5ccccc5c5ccccc45)ccc3-c3ccccc3)cc21. The molecule has 0 saturated heterocycles. The van der Waals surface area contributed by atoms with E-state index in [9.17, 15) is 0 Å². The Hall–Kier alpha value is -7.68. The van der Waals surface area contributed by atoms with Gasteiger partial charge in [0.05, 0.1) is 5.69 Å². The topological polar surface area (TPSA) is 16.4 Å². The molecule has 0 unspecified atom stereocenters. The molecule has 0 spiro atoms. The van der Waals surface area contributed by atoms with Crippen molar-refractivity contribution in [1.29, 1.82) is 0 Å². The summed E-state index contributed by atoms with van der Waals surface area (Å²) < 4.78 is 6.31. The quantitative estimate of drug-likeness (QED) is 0.156. The summed E-state index contributed by atoms with van der Waals surface area (Å²) in [6.45, 7) is 4.73. The van der Waals surface area contributed by atoms with Gasteiger partial charge in [-0.3, -0.25) is 0 Å². The second-order valence-electron chi connectivity index (χ2n) is 16.8. The average Bonchev–Trinajstić information content (AvgIpc) is 3.81. The van der Waals surface area contributed by atoms with Crippen LogP contribution in [0.15, 0.2) is 217 Å². The van der Waals surface area contributed by atoms with Crippen LogP contribution < -0.4 is 4.90 Å². The van der Waals surface area contributed by atoms with Gasteiger partial charge < -0.3 is 9.32 Å². The van der Waals surface area contributed by atoms with Gasteiger partial charge in [0.1, 0.15) is 11.2 Å². The summed E-state index contributed by atoms with van der Waals surface area (Å²) in [4.78, 5) is 2.48. The van der Waals surface area contributed by atoms with Crippen LogP contribution in [0.5, 0.6) is 0 Å². The smallest absolute Gasteiger partial charge is 0.136 e. The molecule has 10 aromatic carbocycles. The van der Waals surface area contributed by atoms with Gasteiger partial charge in [-0.2, -0.15) is 0 Å². The lowest BCUT2D eigenvalue weighted by Gasteiger charge is -2.30. The minimum Gasteiger partial charge on any atom is -0.456 e. The van der Waals surface area contributed by atoms with Crippen molar-refractivity contribution in [2.45, 2.75) is 19.3 Å². The van der Waals surface area contributed by atoms with Crippen LogP contribution in [0.3, 0.4) is 0 Å². The second kappa shape index (κ2) is 13.7. The zero-order valence-corrected chi connectivity index (χ0v) is 34.1. The Bertz CT molecular complexity index is 3500. The number of furan rings is 1. The number of rotatable bonds is 6. The van der Waals surface area contributed by atoms with E-state index < -0.39 is 0 Å². The third kappa shape index (κ3) is 5.56. The first-order chi connectivity index (χ1) is 30.0. The highest BCUT2D eigenvalue weighted by molar-refractivity contribution is 6.15. The van der Waals surface area contributed by atoms with E-state index in [-0.39, 0.29) is 5.41 Å². The number of benzene rings is 10. The first-order valence-corrected chi connectivity index (χ1v) is 21.2. The van der Waals surface area contributed by atoms with E-state index in [0.717, 1.165) is 55.7 Å². The Morgan fingerprint density at radius 1 is 0.361 bits per heavy atom. The van der Waals surface area contributed by atoms with Gasteiger partial charge >= 0.3 is 0 Å². The maximum atomic E-state index is 6.31. The van der Waals surface area contributed by atoms with E-state index in [2.05, 4.69) is 225 Å². The minimum atomic E-state index is -0.155. The third-order valence-electron chi connectivity index (χ3n) is 13.1. The highest BCUT2D eigenvalue weighted by Gasteiger charge is 2.36. The van der Waals surface area contributed by atoms with Crippen LogP contribution in [0, 0.1) is 0 Å². The van der Waals surface area contributed by atoms with Gasteiger partial charge in [0.15, 0.2) is 0 Å². The van der Waals surface area contributed by atoms with Gasteiger partial charge in [0.25, 0.3) is 0 Å². The number of hydrogen-bond donors (Lipinski definition) is 0. The lowest BCUT2D eigenvalue weighted by molar-refractivity contribution is 0.660. The molecule has 0 aliphatic heterocycles. The van der Waals surface area contributed by atoms with Crippen molar-refractivity contribution < 1.29 is 4.42 Å². The van der Waals surface area contributed by atoms with Crippen LogP contribution in [0.4, 0.5) is 17.1 Å². The van der Waals surface area contributed by atoms with E-state index in [0.29, 0.717) is 0 Å². The molecule has 0 atom stereocenters. The van der Waals surface area contributed by atoms with Gasteiger partial charge in [-0.15, -0.1) is 0 Å². The highest BCUT2D eigenvalue weighted by Crippen LogP contribution is 2.52. The Kier molecular flexibility index (Phi) is 7.92. The molecule has 1 aliphatic carbocycles. The predicted molar refractivity (Wildman–Crippen MR) is 257 cm³/mol. The number of hydrogen-bond acceptors (Lipinski definition) is 2. The molecule has 0 N–H and O–H groups in total. The lowest BCUT2D eigenvalue weighted by atomic mass is 9.82. The highest BCUT2D eigenvalue weighted by atomic mass is 16.3. The van der Waals surface area contributed by atoms with Crippen molar-refractivity contribution in [1.82, 2.24) is 0 Å². The molecule has 12 rings (SSSR count). The second-order valence-corrected chi connectivity index (χ2v) is 16.8. The van der Waals surface area contributed by atoms with Crippen molar-refractivity contribution in [2.75, 3.05) is 4.90 Å². The number of para-hydroxylation sites is 1. The Labute approximate surface area is 355 Å². The summed E-state index contributed by atoms with van der Waals surface area (Å²) in [5.41, 5.74) is 17.3. The van der Waals surface area contributed by atoms with Crippen molar-refractivity contribution in [2.24, 2.45) is 0 Å². The summed E-state index contributed by atoms with van der Waals surface area (Å²) in [6, 6.07) is 77.6. The molecule has 1 aliphatic rings. The van der Waals surface area contributed by atoms with E-state index in [1.54, 1.807) is 0 Å². The van der Waals surface area contributed by atoms with Crippen LogP contribution in [-0.4, -0.2) is 0 Å². The molecule has 1 aromatic heterocycles. The first-order valence-electron chi connectivity index (χ1n) is 21.2. The number of fused-ring (bicyclic) bond motifs is 9. The van der Waals surface area contributed by atoms with Crippen LogP contribution in [0.25, 0.3) is 88.0 Å². The van der Waals surface area contributed by atoms with E-state index in [4.69, 9.17) is 4.42 Å². The molecule has 0 bridgehead atoms. The van der Waals surface area contributed by atoms with Gasteiger partial charge in [-0.05, 0) is 120 Å².